The summed E-state index contributed by atoms with van der Waals surface area (Å²) in [6, 6.07) is 15.0. The molecule has 2 saturated heterocycles. The highest BCUT2D eigenvalue weighted by atomic mass is 127. The number of aliphatic imine (C=N–C) groups is 1. The van der Waals surface area contributed by atoms with E-state index in [0.29, 0.717) is 5.92 Å². The highest BCUT2D eigenvalue weighted by Gasteiger charge is 2.25. The minimum absolute atomic E-state index is 0. The van der Waals surface area contributed by atoms with Crippen LogP contribution in [0.5, 0.6) is 0 Å². The summed E-state index contributed by atoms with van der Waals surface area (Å²) in [5.41, 5.74) is 1.19. The summed E-state index contributed by atoms with van der Waals surface area (Å²) >= 11 is 1.96. The average molecular weight is 567 g/mol. The zero-order valence-electron chi connectivity index (χ0n) is 19.1. The Morgan fingerprint density at radius 2 is 1.88 bits per heavy atom. The Labute approximate surface area is 213 Å². The van der Waals surface area contributed by atoms with E-state index < -0.39 is 0 Å². The molecule has 8 heteroatoms. The van der Waals surface area contributed by atoms with Gasteiger partial charge in [-0.25, -0.2) is 4.98 Å². The van der Waals surface area contributed by atoms with Crippen molar-refractivity contribution in [2.45, 2.75) is 17.9 Å². The molecule has 2 aliphatic rings. The van der Waals surface area contributed by atoms with Gasteiger partial charge in [-0.3, -0.25) is 4.99 Å². The third-order valence-electron chi connectivity index (χ3n) is 6.11. The summed E-state index contributed by atoms with van der Waals surface area (Å²) in [5.74, 6) is 3.94. The lowest BCUT2D eigenvalue weighted by Crippen LogP contribution is -2.44. The van der Waals surface area contributed by atoms with Crippen LogP contribution < -0.4 is 10.2 Å². The van der Waals surface area contributed by atoms with Crippen LogP contribution in [-0.4, -0.2) is 79.9 Å². The van der Waals surface area contributed by atoms with Crippen molar-refractivity contribution in [2.75, 3.05) is 64.0 Å². The topological polar surface area (TPSA) is 47.0 Å². The molecule has 0 saturated carbocycles. The van der Waals surface area contributed by atoms with Gasteiger partial charge in [0.05, 0.1) is 0 Å². The first-order valence-corrected chi connectivity index (χ1v) is 12.2. The predicted octanol–water partition coefficient (Wildman–Crippen LogP) is 3.64. The van der Waals surface area contributed by atoms with Crippen molar-refractivity contribution >= 4 is 47.5 Å². The number of pyridine rings is 1. The molecule has 1 N–H and O–H groups in total. The largest absolute Gasteiger partial charge is 0.354 e. The Bertz CT molecular complexity index is 839. The monoisotopic (exact) mass is 566 g/mol. The Morgan fingerprint density at radius 1 is 1.09 bits per heavy atom. The van der Waals surface area contributed by atoms with Gasteiger partial charge in [0.25, 0.3) is 0 Å². The number of halogens is 1. The molecule has 4 rings (SSSR count). The lowest BCUT2D eigenvalue weighted by molar-refractivity contribution is 0.312. The van der Waals surface area contributed by atoms with Gasteiger partial charge in [-0.05, 0) is 43.1 Å². The number of nitrogens with zero attached hydrogens (tertiary/aromatic N) is 5. The molecule has 1 aromatic carbocycles. The van der Waals surface area contributed by atoms with Crippen LogP contribution in [0.2, 0.25) is 0 Å². The Morgan fingerprint density at radius 3 is 2.56 bits per heavy atom. The highest BCUT2D eigenvalue weighted by Crippen LogP contribution is 2.26. The summed E-state index contributed by atoms with van der Waals surface area (Å²) in [7, 11) is 4.06. The minimum atomic E-state index is 0. The number of piperazine rings is 1. The molecule has 1 aromatic heterocycles. The summed E-state index contributed by atoms with van der Waals surface area (Å²) in [6.07, 6.45) is 3.22. The number of likely N-dealkylation sites (N-methyl/N-ethyl adjacent to an activating group) is 1. The zero-order chi connectivity index (χ0) is 21.5. The van der Waals surface area contributed by atoms with Crippen LogP contribution in [-0.2, 0) is 6.54 Å². The van der Waals surface area contributed by atoms with Crippen LogP contribution in [0.1, 0.15) is 12.0 Å². The zero-order valence-corrected chi connectivity index (χ0v) is 22.3. The number of aromatic nitrogens is 1. The maximum atomic E-state index is 4.71. The lowest BCUT2D eigenvalue weighted by atomic mass is 10.2. The van der Waals surface area contributed by atoms with E-state index in [1.165, 1.54) is 16.9 Å². The third-order valence-corrected chi connectivity index (χ3v) is 7.36. The number of hydrogen-bond acceptors (Lipinski definition) is 5. The van der Waals surface area contributed by atoms with Gasteiger partial charge in [-0.2, -0.15) is 0 Å². The van der Waals surface area contributed by atoms with Gasteiger partial charge in [-0.15, -0.1) is 35.7 Å². The minimum Gasteiger partial charge on any atom is -0.354 e. The van der Waals surface area contributed by atoms with Gasteiger partial charge < -0.3 is 20.0 Å². The molecular formula is C24H35IN6S. The van der Waals surface area contributed by atoms with Crippen LogP contribution in [0.25, 0.3) is 0 Å². The van der Waals surface area contributed by atoms with Crippen LogP contribution in [0.4, 0.5) is 5.82 Å². The number of hydrogen-bond donors (Lipinski definition) is 1. The van der Waals surface area contributed by atoms with Crippen LogP contribution in [0.3, 0.4) is 0 Å². The van der Waals surface area contributed by atoms with Crippen molar-refractivity contribution < 1.29 is 0 Å². The van der Waals surface area contributed by atoms with Crippen molar-refractivity contribution in [3.8, 4) is 0 Å². The fourth-order valence-electron chi connectivity index (χ4n) is 4.15. The van der Waals surface area contributed by atoms with Gasteiger partial charge in [-0.1, -0.05) is 24.3 Å². The summed E-state index contributed by atoms with van der Waals surface area (Å²) in [5, 5.41) is 3.54. The number of likely N-dealkylation sites (tertiary alicyclic amines) is 1. The number of nitrogens with one attached hydrogen (secondary N) is 1. The highest BCUT2D eigenvalue weighted by molar-refractivity contribution is 14.0. The molecule has 1 atom stereocenters. The van der Waals surface area contributed by atoms with Crippen LogP contribution in [0.15, 0.2) is 58.5 Å². The summed E-state index contributed by atoms with van der Waals surface area (Å²) in [6.45, 7) is 7.19. The molecule has 0 spiro atoms. The first-order chi connectivity index (χ1) is 15.2. The molecule has 2 aliphatic heterocycles. The fourth-order valence-corrected chi connectivity index (χ4v) is 5.20. The van der Waals surface area contributed by atoms with Crippen molar-refractivity contribution in [1.29, 1.82) is 0 Å². The van der Waals surface area contributed by atoms with Crippen LogP contribution in [0, 0.1) is 5.92 Å². The van der Waals surface area contributed by atoms with E-state index in [-0.39, 0.29) is 24.0 Å². The first kappa shape index (κ1) is 25.1. The summed E-state index contributed by atoms with van der Waals surface area (Å²) < 4.78 is 0. The fraction of sp³-hybridized carbons (Fsp3) is 0.500. The standard InChI is InChI=1S/C24H34N6S.HI/c1-25-24(30-11-10-21(18-30)19-31-22-6-4-3-5-7-22)27-17-20-8-9-23(26-16-20)29-14-12-28(2)13-15-29;/h3-9,16,21H,10-15,17-19H2,1-2H3,(H,25,27);1H. The molecule has 2 aromatic rings. The smallest absolute Gasteiger partial charge is 0.193 e. The quantitative estimate of drug-likeness (QED) is 0.250. The third kappa shape index (κ3) is 6.99. The van der Waals surface area contributed by atoms with Crippen molar-refractivity contribution in [3.05, 3.63) is 54.2 Å². The van der Waals surface area contributed by atoms with Gasteiger partial charge in [0.15, 0.2) is 5.96 Å². The average Bonchev–Trinajstić information content (AvgIpc) is 3.29. The number of guanidine groups is 1. The lowest BCUT2D eigenvalue weighted by Gasteiger charge is -2.33. The molecule has 3 heterocycles. The van der Waals surface area contributed by atoms with Crippen molar-refractivity contribution in [1.82, 2.24) is 20.1 Å². The molecule has 32 heavy (non-hydrogen) atoms. The Balaban J connectivity index is 0.00000289. The maximum Gasteiger partial charge on any atom is 0.193 e. The van der Waals surface area contributed by atoms with E-state index in [4.69, 9.17) is 4.98 Å². The van der Waals surface area contributed by atoms with Crippen molar-refractivity contribution in [2.24, 2.45) is 10.9 Å². The van der Waals surface area contributed by atoms with Gasteiger partial charge >= 0.3 is 0 Å². The van der Waals surface area contributed by atoms with E-state index in [2.05, 4.69) is 74.5 Å². The second-order valence-corrected chi connectivity index (χ2v) is 9.53. The van der Waals surface area contributed by atoms with Gasteiger partial charge in [0.2, 0.25) is 0 Å². The number of anilines is 1. The van der Waals surface area contributed by atoms with Crippen molar-refractivity contribution in [3.63, 3.8) is 0 Å². The van der Waals surface area contributed by atoms with E-state index in [9.17, 15) is 0 Å². The van der Waals surface area contributed by atoms with E-state index in [0.717, 1.165) is 63.3 Å². The number of thioether (sulfide) groups is 1. The molecule has 1 unspecified atom stereocenters. The molecule has 6 nitrogen and oxygen atoms in total. The second kappa shape index (κ2) is 12.6. The maximum absolute atomic E-state index is 4.71. The molecule has 0 radical (unpaired) electrons. The second-order valence-electron chi connectivity index (χ2n) is 8.44. The predicted molar refractivity (Wildman–Crippen MR) is 146 cm³/mol. The SMILES string of the molecule is CN=C(NCc1ccc(N2CCN(C)CC2)nc1)N1CCC(CSc2ccccc2)C1.I. The Kier molecular flexibility index (Phi) is 9.92. The summed E-state index contributed by atoms with van der Waals surface area (Å²) in [4.78, 5) is 17.7. The number of rotatable bonds is 6. The van der Waals surface area contributed by atoms with E-state index >= 15 is 0 Å². The molecule has 0 amide bonds. The Hall–Kier alpha value is -1.52. The number of benzene rings is 1. The van der Waals surface area contributed by atoms with E-state index in [1.54, 1.807) is 0 Å². The molecular weight excluding hydrogens is 531 g/mol. The van der Waals surface area contributed by atoms with Gasteiger partial charge in [0.1, 0.15) is 5.82 Å². The van der Waals surface area contributed by atoms with E-state index in [1.807, 2.05) is 25.0 Å². The first-order valence-electron chi connectivity index (χ1n) is 11.2. The molecule has 0 aliphatic carbocycles. The van der Waals surface area contributed by atoms with Crippen LogP contribution >= 0.6 is 35.7 Å². The van der Waals surface area contributed by atoms with Gasteiger partial charge in [0, 0.05) is 69.7 Å². The molecule has 0 bridgehead atoms. The normalized spacial score (nSPS) is 19.7. The molecule has 174 valence electrons. The molecule has 2 fully saturated rings.